The largest absolute Gasteiger partial charge is 0.0993 e. The molecule has 0 aliphatic heterocycles. The van der Waals surface area contributed by atoms with Gasteiger partial charge in [-0.05, 0) is 91.8 Å². The minimum absolute atomic E-state index is 0.515. The first-order valence-electron chi connectivity index (χ1n) is 12.1. The van der Waals surface area contributed by atoms with Gasteiger partial charge in [-0.3, -0.25) is 0 Å². The Hall–Kier alpha value is -0.260. The second-order valence-electron chi connectivity index (χ2n) is 10.0. The summed E-state index contributed by atoms with van der Waals surface area (Å²) in [5, 5.41) is 0. The van der Waals surface area contributed by atoms with Crippen molar-refractivity contribution in [2.45, 2.75) is 119 Å². The van der Waals surface area contributed by atoms with Crippen molar-refractivity contribution in [3.8, 4) is 0 Å². The number of allylic oxidation sites excluding steroid dienone is 1. The Kier molecular flexibility index (Phi) is 7.12. The van der Waals surface area contributed by atoms with Crippen LogP contribution in [0, 0.1) is 34.0 Å². The molecule has 4 aliphatic rings. The van der Waals surface area contributed by atoms with E-state index in [-0.39, 0.29) is 0 Å². The summed E-state index contributed by atoms with van der Waals surface area (Å²) in [7, 11) is 0. The second-order valence-corrected chi connectivity index (χ2v) is 10.0. The van der Waals surface area contributed by atoms with Crippen LogP contribution in [0.1, 0.15) is 119 Å². The van der Waals surface area contributed by atoms with Crippen LogP contribution in [0.4, 0.5) is 0 Å². The first kappa shape index (κ1) is 22.0. The fourth-order valence-electron chi connectivity index (χ4n) is 7.64. The van der Waals surface area contributed by atoms with Crippen molar-refractivity contribution in [2.24, 2.45) is 34.0 Å². The lowest BCUT2D eigenvalue weighted by atomic mass is 9.22. The van der Waals surface area contributed by atoms with E-state index in [1.54, 1.807) is 24.8 Å². The fourth-order valence-corrected chi connectivity index (χ4v) is 7.64. The molecule has 0 saturated heterocycles. The summed E-state index contributed by atoms with van der Waals surface area (Å²) in [5.41, 5.74) is 3.71. The van der Waals surface area contributed by atoms with Crippen LogP contribution in [0.5, 0.6) is 0 Å². The van der Waals surface area contributed by atoms with Crippen molar-refractivity contribution < 1.29 is 0 Å². The Morgan fingerprint density at radius 3 is 2.00 bits per heavy atom. The highest BCUT2D eigenvalue weighted by atomic mass is 14.8. The molecule has 0 heteroatoms. The van der Waals surface area contributed by atoms with Crippen molar-refractivity contribution in [1.82, 2.24) is 0 Å². The van der Waals surface area contributed by atoms with Gasteiger partial charge in [0.05, 0.1) is 0 Å². The maximum Gasteiger partial charge on any atom is -0.00905 e. The molecule has 152 valence electrons. The highest BCUT2D eigenvalue weighted by Crippen LogP contribution is 2.86. The van der Waals surface area contributed by atoms with Gasteiger partial charge in [-0.2, -0.15) is 0 Å². The first-order chi connectivity index (χ1) is 12.4. The van der Waals surface area contributed by atoms with Crippen molar-refractivity contribution >= 4 is 0 Å². The molecule has 0 aromatic rings. The molecule has 1 spiro atoms. The van der Waals surface area contributed by atoms with Crippen LogP contribution in [-0.2, 0) is 0 Å². The predicted molar refractivity (Wildman–Crippen MR) is 117 cm³/mol. The predicted octanol–water partition coefficient (Wildman–Crippen LogP) is 8.81. The lowest BCUT2D eigenvalue weighted by Crippen LogP contribution is -2.75. The molecule has 4 fully saturated rings. The Balaban J connectivity index is 0.000000444. The molecule has 0 nitrogen and oxygen atoms in total. The molecule has 0 amide bonds. The lowest BCUT2D eigenvalue weighted by molar-refractivity contribution is -0.334. The van der Waals surface area contributed by atoms with Crippen LogP contribution < -0.4 is 0 Å². The van der Waals surface area contributed by atoms with Crippen molar-refractivity contribution in [1.29, 1.82) is 0 Å². The fraction of sp³-hybridized carbons (Fsp3) is 0.923. The van der Waals surface area contributed by atoms with E-state index in [2.05, 4.69) is 41.2 Å². The number of hydrogen-bond acceptors (Lipinski definition) is 0. The Bertz CT molecular complexity index is 476. The van der Waals surface area contributed by atoms with Gasteiger partial charge < -0.3 is 0 Å². The Labute approximate surface area is 165 Å². The third kappa shape index (κ3) is 3.02. The smallest absolute Gasteiger partial charge is 0.00905 e. The van der Waals surface area contributed by atoms with Crippen LogP contribution in [0.3, 0.4) is 0 Å². The van der Waals surface area contributed by atoms with E-state index in [0.29, 0.717) is 5.41 Å². The quantitative estimate of drug-likeness (QED) is 0.429. The van der Waals surface area contributed by atoms with Gasteiger partial charge in [-0.1, -0.05) is 73.5 Å². The van der Waals surface area contributed by atoms with Crippen LogP contribution in [-0.4, -0.2) is 0 Å². The number of rotatable bonds is 5. The summed E-state index contributed by atoms with van der Waals surface area (Å²) in [5.74, 6) is 3.11. The van der Waals surface area contributed by atoms with Crippen molar-refractivity contribution in [3.63, 3.8) is 0 Å². The van der Waals surface area contributed by atoms with Gasteiger partial charge in [0.25, 0.3) is 0 Å². The van der Waals surface area contributed by atoms with Crippen molar-refractivity contribution in [3.05, 3.63) is 12.2 Å². The monoisotopic (exact) mass is 360 g/mol. The molecule has 0 N–H and O–H groups in total. The highest BCUT2D eigenvalue weighted by Gasteiger charge is 2.77. The normalized spacial score (nSPS) is 44.5. The Morgan fingerprint density at radius 1 is 0.962 bits per heavy atom. The summed E-state index contributed by atoms with van der Waals surface area (Å²) in [4.78, 5) is 0. The minimum atomic E-state index is 0.515. The molecule has 6 unspecified atom stereocenters. The standard InChI is InChI=1S/C21H34.C3H8.C2H6/c1-5-17-13-20(14-18-8-10-21(17,18)20)12-16(4)19(6-2)9-7-15(3)11-19;1-3-2;1-2/h15,17-18H,4-14H2,1-3H3;3H2,1-2H3;1-2H3. The van der Waals surface area contributed by atoms with Gasteiger partial charge in [0.15, 0.2) is 0 Å². The van der Waals surface area contributed by atoms with E-state index in [1.165, 1.54) is 51.4 Å². The highest BCUT2D eigenvalue weighted by molar-refractivity contribution is 5.30. The van der Waals surface area contributed by atoms with E-state index in [9.17, 15) is 0 Å². The molecular formula is C26H48. The van der Waals surface area contributed by atoms with Gasteiger partial charge >= 0.3 is 0 Å². The second kappa shape index (κ2) is 8.40. The molecular weight excluding hydrogens is 312 g/mol. The summed E-state index contributed by atoms with van der Waals surface area (Å²) >= 11 is 0. The summed E-state index contributed by atoms with van der Waals surface area (Å²) in [6.45, 7) is 20.2. The average Bonchev–Trinajstić information content (AvgIpc) is 3.01. The lowest BCUT2D eigenvalue weighted by Gasteiger charge is -2.83. The SMILES string of the molecule is C=C(CC12CC(CC)C13CCC3C2)C1(CC)CCC(C)C1.CC.CCC. The van der Waals surface area contributed by atoms with Gasteiger partial charge in [-0.15, -0.1) is 0 Å². The third-order valence-electron chi connectivity index (χ3n) is 8.95. The molecule has 0 radical (unpaired) electrons. The molecule has 26 heavy (non-hydrogen) atoms. The van der Waals surface area contributed by atoms with Crippen molar-refractivity contribution in [2.75, 3.05) is 0 Å². The summed E-state index contributed by atoms with van der Waals surface area (Å²) in [6, 6.07) is 0. The van der Waals surface area contributed by atoms with Crippen LogP contribution >= 0.6 is 0 Å². The zero-order chi connectivity index (χ0) is 19.6. The summed E-state index contributed by atoms with van der Waals surface area (Å²) < 4.78 is 0. The molecule has 4 aliphatic carbocycles. The molecule has 0 aromatic heterocycles. The topological polar surface area (TPSA) is 0 Å². The minimum Gasteiger partial charge on any atom is -0.0993 e. The molecule has 0 heterocycles. The van der Waals surface area contributed by atoms with Crippen LogP contribution in [0.2, 0.25) is 0 Å². The van der Waals surface area contributed by atoms with Crippen LogP contribution in [0.15, 0.2) is 12.2 Å². The van der Waals surface area contributed by atoms with Gasteiger partial charge in [0.2, 0.25) is 0 Å². The molecule has 6 atom stereocenters. The zero-order valence-corrected chi connectivity index (χ0v) is 19.2. The zero-order valence-electron chi connectivity index (χ0n) is 19.2. The summed E-state index contributed by atoms with van der Waals surface area (Å²) in [6.07, 6.45) is 15.9. The average molecular weight is 361 g/mol. The van der Waals surface area contributed by atoms with Gasteiger partial charge in [0.1, 0.15) is 0 Å². The van der Waals surface area contributed by atoms with E-state index in [0.717, 1.165) is 28.6 Å². The molecule has 0 bridgehead atoms. The van der Waals surface area contributed by atoms with E-state index < -0.39 is 0 Å². The Morgan fingerprint density at radius 2 is 1.62 bits per heavy atom. The van der Waals surface area contributed by atoms with Gasteiger partial charge in [0, 0.05) is 0 Å². The van der Waals surface area contributed by atoms with E-state index in [1.807, 2.05) is 13.8 Å². The molecule has 4 saturated carbocycles. The van der Waals surface area contributed by atoms with E-state index >= 15 is 0 Å². The molecule has 4 rings (SSSR count). The maximum atomic E-state index is 4.68. The third-order valence-corrected chi connectivity index (χ3v) is 8.95. The first-order valence-corrected chi connectivity index (χ1v) is 12.1. The number of hydrogen-bond donors (Lipinski definition) is 0. The molecule has 0 aromatic carbocycles. The van der Waals surface area contributed by atoms with Gasteiger partial charge in [-0.25, -0.2) is 0 Å². The maximum absolute atomic E-state index is 4.68. The van der Waals surface area contributed by atoms with Crippen LogP contribution in [0.25, 0.3) is 0 Å². The van der Waals surface area contributed by atoms with E-state index in [4.69, 9.17) is 0 Å².